The molecule has 1 N–H and O–H groups in total. The number of amides is 1. The largest absolute Gasteiger partial charge is 0.493 e. The van der Waals surface area contributed by atoms with Gasteiger partial charge in [-0.2, -0.15) is 0 Å². The lowest BCUT2D eigenvalue weighted by atomic mass is 9.48. The highest BCUT2D eigenvalue weighted by Gasteiger charge is 2.73. The van der Waals surface area contributed by atoms with E-state index in [1.54, 1.807) is 12.0 Å². The Labute approximate surface area is 215 Å². The van der Waals surface area contributed by atoms with Crippen LogP contribution in [-0.2, 0) is 18.3 Å². The van der Waals surface area contributed by atoms with E-state index in [1.165, 1.54) is 18.4 Å². The molecule has 1 saturated heterocycles. The third-order valence-electron chi connectivity index (χ3n) is 10.4. The summed E-state index contributed by atoms with van der Waals surface area (Å²) in [6.45, 7) is 1.99. The zero-order valence-corrected chi connectivity index (χ0v) is 21.1. The molecule has 1 amide bonds. The van der Waals surface area contributed by atoms with E-state index in [4.69, 9.17) is 14.5 Å². The highest BCUT2D eigenvalue weighted by molar-refractivity contribution is 6.25. The number of methoxy groups -OCH3 is 1. The molecule has 7 nitrogen and oxygen atoms in total. The number of ether oxygens (including phenoxy) is 2. The standard InChI is InChI=1S/C30H29N3O4/c1-32-25-18-13-30(35)21-12-16-8-9-20(36-2)26-23(16)29(30,10-11-33(21)14-15-6-7-15)27(37-26)24(18)31-19-5-3-4-17(22(19)25)28(32)34/h3-5,8-9,15,21,27,35H,6-7,10-14H2,1-2H3/t21-,27?,29-,30?/m0/s1. The van der Waals surface area contributed by atoms with Crippen LogP contribution in [0.5, 0.6) is 11.5 Å². The zero-order chi connectivity index (χ0) is 24.8. The number of aliphatic hydroxyl groups is 1. The number of rotatable bonds is 3. The van der Waals surface area contributed by atoms with Crippen LogP contribution in [0.25, 0.3) is 10.9 Å². The first-order valence-corrected chi connectivity index (χ1v) is 13.5. The number of anilines is 1. The van der Waals surface area contributed by atoms with E-state index in [-0.39, 0.29) is 11.9 Å². The van der Waals surface area contributed by atoms with Crippen molar-refractivity contribution in [2.24, 2.45) is 5.92 Å². The predicted octanol–water partition coefficient (Wildman–Crippen LogP) is 3.53. The number of carbonyl (C=O) groups excluding carboxylic acids is 1. The number of carbonyl (C=O) groups is 1. The summed E-state index contributed by atoms with van der Waals surface area (Å²) in [6, 6.07) is 9.97. The van der Waals surface area contributed by atoms with Gasteiger partial charge in [0.25, 0.3) is 5.91 Å². The SMILES string of the molecule is COc1ccc2c3c1OC1c4nc5cccc6c5c(c4CC4(O)[C@H](C2)N(CC2CC2)CC[C@]314)N(C)C6=O. The van der Waals surface area contributed by atoms with Crippen molar-refractivity contribution in [2.45, 2.75) is 55.3 Å². The summed E-state index contributed by atoms with van der Waals surface area (Å²) in [5, 5.41) is 14.0. The van der Waals surface area contributed by atoms with Crippen LogP contribution >= 0.6 is 0 Å². The number of aromatic nitrogens is 1. The Morgan fingerprint density at radius 2 is 2.11 bits per heavy atom. The summed E-state index contributed by atoms with van der Waals surface area (Å²) in [5.74, 6) is 2.21. The van der Waals surface area contributed by atoms with Gasteiger partial charge in [-0.05, 0) is 61.9 Å². The average molecular weight is 496 g/mol. The van der Waals surface area contributed by atoms with Crippen molar-refractivity contribution in [3.05, 3.63) is 58.3 Å². The Morgan fingerprint density at radius 1 is 1.24 bits per heavy atom. The molecule has 2 bridgehead atoms. The van der Waals surface area contributed by atoms with Gasteiger partial charge in [-0.25, -0.2) is 4.98 Å². The number of hydrogen-bond acceptors (Lipinski definition) is 6. The molecule has 4 atom stereocenters. The Balaban J connectivity index is 1.35. The molecule has 9 rings (SSSR count). The van der Waals surface area contributed by atoms with Crippen LogP contribution in [0.1, 0.15) is 58.1 Å². The zero-order valence-electron chi connectivity index (χ0n) is 21.1. The van der Waals surface area contributed by atoms with Gasteiger partial charge in [0.05, 0.1) is 40.6 Å². The minimum Gasteiger partial charge on any atom is -0.493 e. The van der Waals surface area contributed by atoms with Gasteiger partial charge in [0.15, 0.2) is 17.6 Å². The summed E-state index contributed by atoms with van der Waals surface area (Å²) in [5.41, 5.74) is 5.00. The molecule has 3 aliphatic carbocycles. The lowest BCUT2D eigenvalue weighted by Crippen LogP contribution is -2.74. The van der Waals surface area contributed by atoms with Crippen molar-refractivity contribution < 1.29 is 19.4 Å². The second-order valence-corrected chi connectivity index (χ2v) is 12.0. The first kappa shape index (κ1) is 20.8. The molecule has 1 saturated carbocycles. The van der Waals surface area contributed by atoms with Crippen LogP contribution in [0.3, 0.4) is 0 Å². The van der Waals surface area contributed by atoms with Gasteiger partial charge in [0.2, 0.25) is 0 Å². The monoisotopic (exact) mass is 495 g/mol. The Bertz CT molecular complexity index is 1580. The van der Waals surface area contributed by atoms with Crippen LogP contribution < -0.4 is 14.4 Å². The summed E-state index contributed by atoms with van der Waals surface area (Å²) >= 11 is 0. The maximum absolute atomic E-state index is 13.2. The third-order valence-corrected chi connectivity index (χ3v) is 10.4. The smallest absolute Gasteiger partial charge is 0.258 e. The number of fused-ring (bicyclic) bond motifs is 3. The molecule has 37 heavy (non-hydrogen) atoms. The first-order chi connectivity index (χ1) is 18.0. The van der Waals surface area contributed by atoms with E-state index in [2.05, 4.69) is 11.0 Å². The van der Waals surface area contributed by atoms with Crippen molar-refractivity contribution in [3.8, 4) is 11.5 Å². The van der Waals surface area contributed by atoms with Crippen molar-refractivity contribution in [3.63, 3.8) is 0 Å². The highest BCUT2D eigenvalue weighted by atomic mass is 16.5. The van der Waals surface area contributed by atoms with E-state index in [0.29, 0.717) is 17.7 Å². The summed E-state index contributed by atoms with van der Waals surface area (Å²) < 4.78 is 12.7. The quantitative estimate of drug-likeness (QED) is 0.599. The Morgan fingerprint density at radius 3 is 2.92 bits per heavy atom. The molecule has 6 aliphatic rings. The fraction of sp³-hybridized carbons (Fsp3) is 0.467. The Hall–Kier alpha value is -3.16. The van der Waals surface area contributed by atoms with Gasteiger partial charge in [-0.1, -0.05) is 12.1 Å². The van der Waals surface area contributed by atoms with E-state index in [9.17, 15) is 9.90 Å². The van der Waals surface area contributed by atoms with E-state index in [1.807, 2.05) is 31.3 Å². The van der Waals surface area contributed by atoms with Gasteiger partial charge < -0.3 is 19.5 Å². The predicted molar refractivity (Wildman–Crippen MR) is 138 cm³/mol. The summed E-state index contributed by atoms with van der Waals surface area (Å²) in [4.78, 5) is 22.8. The summed E-state index contributed by atoms with van der Waals surface area (Å²) in [7, 11) is 3.53. The second-order valence-electron chi connectivity index (χ2n) is 12.0. The van der Waals surface area contributed by atoms with Crippen molar-refractivity contribution in [2.75, 3.05) is 32.1 Å². The number of piperidine rings is 1. The lowest BCUT2D eigenvalue weighted by molar-refractivity contribution is -0.173. The second kappa shape index (κ2) is 6.45. The molecule has 1 spiro atoms. The fourth-order valence-electron chi connectivity index (χ4n) is 8.65. The van der Waals surface area contributed by atoms with E-state index < -0.39 is 17.1 Å². The molecular formula is C30H29N3O4. The van der Waals surface area contributed by atoms with Gasteiger partial charge in [-0.15, -0.1) is 0 Å². The van der Waals surface area contributed by atoms with Crippen molar-refractivity contribution in [1.29, 1.82) is 0 Å². The average Bonchev–Trinajstić information content (AvgIpc) is 3.59. The van der Waals surface area contributed by atoms with Crippen molar-refractivity contribution >= 4 is 22.5 Å². The minimum atomic E-state index is -1.03. The number of benzene rings is 2. The number of nitrogens with zero attached hydrogens (tertiary/aromatic N) is 3. The summed E-state index contributed by atoms with van der Waals surface area (Å²) in [6.07, 6.45) is 4.22. The molecule has 3 aromatic rings. The van der Waals surface area contributed by atoms with Crippen molar-refractivity contribution in [1.82, 2.24) is 9.88 Å². The molecule has 2 fully saturated rings. The molecule has 4 heterocycles. The van der Waals surface area contributed by atoms with Gasteiger partial charge in [0.1, 0.15) is 0 Å². The topological polar surface area (TPSA) is 75.1 Å². The maximum atomic E-state index is 13.2. The third kappa shape index (κ3) is 2.21. The number of hydrogen-bond donors (Lipinski definition) is 1. The molecule has 0 radical (unpaired) electrons. The van der Waals surface area contributed by atoms with E-state index >= 15 is 0 Å². The van der Waals surface area contributed by atoms with E-state index in [0.717, 1.165) is 71.0 Å². The normalized spacial score (nSPS) is 32.4. The number of pyridine rings is 1. The minimum absolute atomic E-state index is 0.00602. The molecule has 3 aliphatic heterocycles. The first-order valence-electron chi connectivity index (χ1n) is 13.5. The highest BCUT2D eigenvalue weighted by Crippen LogP contribution is 2.69. The van der Waals surface area contributed by atoms with Crippen LogP contribution in [-0.4, -0.2) is 59.8 Å². The van der Waals surface area contributed by atoms with Crippen LogP contribution in [0.4, 0.5) is 5.69 Å². The molecule has 188 valence electrons. The van der Waals surface area contributed by atoms with Gasteiger partial charge >= 0.3 is 0 Å². The lowest BCUT2D eigenvalue weighted by Gasteiger charge is -2.63. The van der Waals surface area contributed by atoms with Gasteiger partial charge in [0, 0.05) is 42.6 Å². The number of likely N-dealkylation sites (tertiary alicyclic amines) is 1. The molecule has 2 unspecified atom stereocenters. The molecule has 7 heteroatoms. The fourth-order valence-corrected chi connectivity index (χ4v) is 8.65. The van der Waals surface area contributed by atoms with Crippen LogP contribution in [0.15, 0.2) is 30.3 Å². The maximum Gasteiger partial charge on any atom is 0.258 e. The molecule has 1 aromatic heterocycles. The molecule has 2 aromatic carbocycles. The van der Waals surface area contributed by atoms with Crippen LogP contribution in [0.2, 0.25) is 0 Å². The van der Waals surface area contributed by atoms with Gasteiger partial charge in [-0.3, -0.25) is 9.69 Å². The van der Waals surface area contributed by atoms with Crippen LogP contribution in [0, 0.1) is 5.92 Å². The Kier molecular flexibility index (Phi) is 3.63. The molecular weight excluding hydrogens is 466 g/mol.